The summed E-state index contributed by atoms with van der Waals surface area (Å²) in [6.45, 7) is 4.74. The molecule has 3 heterocycles. The van der Waals surface area contributed by atoms with Gasteiger partial charge in [0.2, 0.25) is 5.91 Å². The van der Waals surface area contributed by atoms with Crippen molar-refractivity contribution in [1.29, 1.82) is 5.26 Å². The molecule has 0 bridgehead atoms. The quantitative estimate of drug-likeness (QED) is 0.352. The second-order valence-corrected chi connectivity index (χ2v) is 10.7. The Labute approximate surface area is 238 Å². The van der Waals surface area contributed by atoms with Crippen LogP contribution in [-0.2, 0) is 11.2 Å². The van der Waals surface area contributed by atoms with Crippen molar-refractivity contribution in [2.75, 3.05) is 58.3 Å². The average molecular weight is 549 g/mol. The van der Waals surface area contributed by atoms with Gasteiger partial charge in [0.25, 0.3) is 0 Å². The lowest BCUT2D eigenvalue weighted by atomic mass is 9.98. The van der Waals surface area contributed by atoms with E-state index in [0.29, 0.717) is 41.2 Å². The van der Waals surface area contributed by atoms with Crippen LogP contribution in [0.25, 0.3) is 10.9 Å². The number of hydrogen-bond acceptors (Lipinski definition) is 7. The van der Waals surface area contributed by atoms with Crippen LogP contribution in [0.4, 0.5) is 11.4 Å². The van der Waals surface area contributed by atoms with Crippen molar-refractivity contribution in [2.24, 2.45) is 4.99 Å². The van der Waals surface area contributed by atoms with Gasteiger partial charge in [-0.2, -0.15) is 5.26 Å². The van der Waals surface area contributed by atoms with Gasteiger partial charge in [0.05, 0.1) is 47.3 Å². The van der Waals surface area contributed by atoms with Crippen LogP contribution in [-0.4, -0.2) is 84.9 Å². The number of hydrogen-bond donors (Lipinski definition) is 2. The summed E-state index contributed by atoms with van der Waals surface area (Å²) < 4.78 is 5.82. The van der Waals surface area contributed by atoms with E-state index in [9.17, 15) is 15.2 Å². The molecule has 9 heteroatoms. The van der Waals surface area contributed by atoms with E-state index in [0.717, 1.165) is 60.5 Å². The lowest BCUT2D eigenvalue weighted by molar-refractivity contribution is -0.119. The zero-order chi connectivity index (χ0) is 28.5. The normalized spacial score (nSPS) is 15.9. The van der Waals surface area contributed by atoms with Gasteiger partial charge in [0.1, 0.15) is 5.75 Å². The van der Waals surface area contributed by atoms with Crippen LogP contribution >= 0.6 is 0 Å². The number of nitriles is 1. The number of H-pyrrole nitrogens is 1. The van der Waals surface area contributed by atoms with Crippen molar-refractivity contribution in [1.82, 2.24) is 14.8 Å². The summed E-state index contributed by atoms with van der Waals surface area (Å²) in [4.78, 5) is 27.1. The zero-order valence-electron chi connectivity index (χ0n) is 23.2. The standard InChI is InChI=1S/C32H32N6O3/c1-36-12-14-38(15-13-36)20-29(39)37(2)25-8-6-24(7-9-25)34-31(23-5-4-22-11-16-41-28(22)18-23)30-26-10-3-21(19-33)17-27(26)35-32(30)40/h3-10,17-18,35,40H,11-16,20H2,1-2H3. The fourth-order valence-corrected chi connectivity index (χ4v) is 5.40. The third kappa shape index (κ3) is 5.40. The molecule has 0 unspecified atom stereocenters. The Hall–Kier alpha value is -4.65. The number of benzene rings is 3. The molecule has 1 fully saturated rings. The maximum Gasteiger partial charge on any atom is 0.240 e. The van der Waals surface area contributed by atoms with Crippen molar-refractivity contribution in [2.45, 2.75) is 6.42 Å². The largest absolute Gasteiger partial charge is 0.494 e. The minimum atomic E-state index is -0.0267. The number of aromatic amines is 1. The summed E-state index contributed by atoms with van der Waals surface area (Å²) in [7, 11) is 3.90. The molecule has 2 aliphatic rings. The Morgan fingerprint density at radius 1 is 1.10 bits per heavy atom. The first-order valence-corrected chi connectivity index (χ1v) is 13.8. The third-order valence-corrected chi connectivity index (χ3v) is 7.92. The van der Waals surface area contributed by atoms with Gasteiger partial charge < -0.3 is 24.6 Å². The maximum absolute atomic E-state index is 13.0. The summed E-state index contributed by atoms with van der Waals surface area (Å²) in [5.41, 5.74) is 5.67. The number of fused-ring (bicyclic) bond motifs is 2. The fraction of sp³-hybridized carbons (Fsp3) is 0.281. The summed E-state index contributed by atoms with van der Waals surface area (Å²) in [6.07, 6.45) is 0.861. The number of aromatic hydroxyl groups is 1. The number of aliphatic imine (C=N–C) groups is 1. The number of carbonyl (C=O) groups is 1. The van der Waals surface area contributed by atoms with Gasteiger partial charge in [0, 0.05) is 56.3 Å². The van der Waals surface area contributed by atoms with E-state index >= 15 is 0 Å². The number of rotatable bonds is 6. The zero-order valence-corrected chi connectivity index (χ0v) is 23.2. The van der Waals surface area contributed by atoms with Crippen molar-refractivity contribution in [3.63, 3.8) is 0 Å². The molecule has 0 radical (unpaired) electrons. The predicted octanol–water partition coefficient (Wildman–Crippen LogP) is 4.06. The van der Waals surface area contributed by atoms with Crippen molar-refractivity contribution in [3.8, 4) is 17.7 Å². The van der Waals surface area contributed by atoms with Crippen molar-refractivity contribution >= 4 is 33.9 Å². The number of nitrogens with one attached hydrogen (secondary N) is 1. The van der Waals surface area contributed by atoms with Crippen LogP contribution < -0.4 is 9.64 Å². The molecule has 4 aromatic rings. The molecule has 2 aliphatic heterocycles. The first-order chi connectivity index (χ1) is 19.9. The maximum atomic E-state index is 13.0. The van der Waals surface area contributed by atoms with Gasteiger partial charge in [-0.15, -0.1) is 0 Å². The van der Waals surface area contributed by atoms with Crippen molar-refractivity contribution in [3.05, 3.63) is 82.9 Å². The highest BCUT2D eigenvalue weighted by molar-refractivity contribution is 6.22. The number of likely N-dealkylation sites (N-methyl/N-ethyl adjacent to an activating group) is 2. The van der Waals surface area contributed by atoms with Crippen LogP contribution in [0.2, 0.25) is 0 Å². The summed E-state index contributed by atoms with van der Waals surface area (Å²) in [5, 5.41) is 21.1. The monoisotopic (exact) mass is 548 g/mol. The predicted molar refractivity (Wildman–Crippen MR) is 159 cm³/mol. The Morgan fingerprint density at radius 3 is 2.63 bits per heavy atom. The highest BCUT2D eigenvalue weighted by atomic mass is 16.5. The van der Waals surface area contributed by atoms with Crippen LogP contribution in [0, 0.1) is 11.3 Å². The fourth-order valence-electron chi connectivity index (χ4n) is 5.40. The number of nitrogens with zero attached hydrogens (tertiary/aromatic N) is 5. The number of carbonyl (C=O) groups excluding carboxylic acids is 1. The number of anilines is 1. The molecule has 41 heavy (non-hydrogen) atoms. The van der Waals surface area contributed by atoms with E-state index in [4.69, 9.17) is 9.73 Å². The Balaban J connectivity index is 1.33. The number of aromatic nitrogens is 1. The molecule has 1 amide bonds. The lowest BCUT2D eigenvalue weighted by Crippen LogP contribution is -2.48. The molecule has 1 saturated heterocycles. The van der Waals surface area contributed by atoms with Gasteiger partial charge in [-0.25, -0.2) is 4.99 Å². The minimum Gasteiger partial charge on any atom is -0.494 e. The molecular weight excluding hydrogens is 516 g/mol. The van der Waals surface area contributed by atoms with E-state index < -0.39 is 0 Å². The van der Waals surface area contributed by atoms with Crippen molar-refractivity contribution < 1.29 is 14.6 Å². The number of ether oxygens (including phenoxy) is 1. The van der Waals surface area contributed by atoms with E-state index in [1.807, 2.05) is 48.5 Å². The Bertz CT molecular complexity index is 1680. The summed E-state index contributed by atoms with van der Waals surface area (Å²) >= 11 is 0. The van der Waals surface area contributed by atoms with Gasteiger partial charge in [-0.05, 0) is 55.1 Å². The van der Waals surface area contributed by atoms with E-state index in [-0.39, 0.29) is 11.8 Å². The molecule has 3 aromatic carbocycles. The molecule has 6 rings (SSSR count). The van der Waals surface area contributed by atoms with Crippen LogP contribution in [0.15, 0.2) is 65.7 Å². The highest BCUT2D eigenvalue weighted by Gasteiger charge is 2.22. The van der Waals surface area contributed by atoms with E-state index in [1.165, 1.54) is 0 Å². The molecule has 9 nitrogen and oxygen atoms in total. The topological polar surface area (TPSA) is 108 Å². The SMILES string of the molecule is CN1CCN(CC(=O)N(C)c2ccc(N=C(c3ccc4c(c3)OCC4)c3c(O)[nH]c4cc(C#N)ccc34)cc2)CC1. The smallest absolute Gasteiger partial charge is 0.240 e. The third-order valence-electron chi connectivity index (χ3n) is 7.92. The number of piperazine rings is 1. The summed E-state index contributed by atoms with van der Waals surface area (Å²) in [5.74, 6) is 0.836. The summed E-state index contributed by atoms with van der Waals surface area (Å²) in [6, 6.07) is 20.9. The van der Waals surface area contributed by atoms with Gasteiger partial charge in [-0.1, -0.05) is 18.2 Å². The average Bonchev–Trinajstić information content (AvgIpc) is 3.59. The molecule has 0 spiro atoms. The first kappa shape index (κ1) is 26.6. The molecular formula is C32H32N6O3. The second kappa shape index (κ2) is 11.1. The Kier molecular flexibility index (Phi) is 7.18. The number of amides is 1. The van der Waals surface area contributed by atoms with Gasteiger partial charge in [-0.3, -0.25) is 9.69 Å². The molecule has 0 atom stereocenters. The molecule has 0 aliphatic carbocycles. The van der Waals surface area contributed by atoms with Crippen LogP contribution in [0.5, 0.6) is 11.6 Å². The second-order valence-electron chi connectivity index (χ2n) is 10.7. The van der Waals surface area contributed by atoms with Crippen LogP contribution in [0.1, 0.15) is 22.3 Å². The van der Waals surface area contributed by atoms with Gasteiger partial charge >= 0.3 is 0 Å². The molecule has 1 aromatic heterocycles. The van der Waals surface area contributed by atoms with Gasteiger partial charge in [0.15, 0.2) is 5.88 Å². The molecule has 0 saturated carbocycles. The van der Waals surface area contributed by atoms with Crippen LogP contribution in [0.3, 0.4) is 0 Å². The van der Waals surface area contributed by atoms with E-state index in [1.54, 1.807) is 24.1 Å². The minimum absolute atomic E-state index is 0.0267. The first-order valence-electron chi connectivity index (χ1n) is 13.8. The molecule has 208 valence electrons. The highest BCUT2D eigenvalue weighted by Crippen LogP contribution is 2.34. The molecule has 2 N–H and O–H groups in total. The lowest BCUT2D eigenvalue weighted by Gasteiger charge is -2.32. The Morgan fingerprint density at radius 2 is 1.88 bits per heavy atom. The van der Waals surface area contributed by atoms with E-state index in [2.05, 4.69) is 27.9 Å².